The summed E-state index contributed by atoms with van der Waals surface area (Å²) in [5.74, 6) is 0.272. The summed E-state index contributed by atoms with van der Waals surface area (Å²) in [4.78, 5) is 4.21. The van der Waals surface area contributed by atoms with Crippen molar-refractivity contribution in [1.82, 2.24) is 4.98 Å². The minimum Gasteiger partial charge on any atom is -0.513 e. The topological polar surface area (TPSA) is 33.1 Å². The third-order valence-electron chi connectivity index (χ3n) is 2.05. The lowest BCUT2D eigenvalue weighted by atomic mass is 10.1. The van der Waals surface area contributed by atoms with Gasteiger partial charge >= 0.3 is 0 Å². The number of hydrogen-bond donors (Lipinski definition) is 1. The number of rotatable bonds is 1. The first-order chi connectivity index (χ1) is 6.77. The highest BCUT2D eigenvalue weighted by Crippen LogP contribution is 2.17. The van der Waals surface area contributed by atoms with Crippen LogP contribution in [-0.4, -0.2) is 10.1 Å². The molecule has 0 amide bonds. The fourth-order valence-corrected chi connectivity index (χ4v) is 1.46. The smallest absolute Gasteiger partial charge is 0.0913 e. The van der Waals surface area contributed by atoms with E-state index in [0.717, 1.165) is 16.5 Å². The SMILES string of the molecule is CC(O)=Cc1nccc2ccccc12. The number of aliphatic hydroxyl groups excluding tert-OH is 1. The van der Waals surface area contributed by atoms with E-state index in [0.29, 0.717) is 0 Å². The lowest BCUT2D eigenvalue weighted by molar-refractivity contribution is 0.419. The Morgan fingerprint density at radius 3 is 2.86 bits per heavy atom. The van der Waals surface area contributed by atoms with E-state index in [2.05, 4.69) is 4.98 Å². The molecule has 0 aliphatic heterocycles. The molecule has 1 aromatic heterocycles. The van der Waals surface area contributed by atoms with E-state index in [1.165, 1.54) is 0 Å². The van der Waals surface area contributed by atoms with E-state index in [9.17, 15) is 5.11 Å². The molecule has 0 radical (unpaired) electrons. The van der Waals surface area contributed by atoms with Gasteiger partial charge in [-0.25, -0.2) is 0 Å². The van der Waals surface area contributed by atoms with E-state index >= 15 is 0 Å². The maximum absolute atomic E-state index is 9.19. The number of nitrogens with zero attached hydrogens (tertiary/aromatic N) is 1. The third-order valence-corrected chi connectivity index (χ3v) is 2.05. The minimum atomic E-state index is 0.272. The molecule has 2 nitrogen and oxygen atoms in total. The van der Waals surface area contributed by atoms with Gasteiger partial charge in [0, 0.05) is 17.7 Å². The van der Waals surface area contributed by atoms with Gasteiger partial charge in [-0.2, -0.15) is 0 Å². The van der Waals surface area contributed by atoms with Crippen LogP contribution in [0.25, 0.3) is 16.8 Å². The quantitative estimate of drug-likeness (QED) is 0.692. The Kier molecular flexibility index (Phi) is 2.19. The molecule has 1 N–H and O–H groups in total. The molecule has 0 bridgehead atoms. The fourth-order valence-electron chi connectivity index (χ4n) is 1.46. The highest BCUT2D eigenvalue weighted by molar-refractivity contribution is 5.88. The van der Waals surface area contributed by atoms with Crippen LogP contribution >= 0.6 is 0 Å². The van der Waals surface area contributed by atoms with Crippen LogP contribution in [0.15, 0.2) is 42.3 Å². The average molecular weight is 185 g/mol. The van der Waals surface area contributed by atoms with E-state index < -0.39 is 0 Å². The Morgan fingerprint density at radius 2 is 2.07 bits per heavy atom. The average Bonchev–Trinajstić information content (AvgIpc) is 2.18. The first-order valence-corrected chi connectivity index (χ1v) is 4.48. The van der Waals surface area contributed by atoms with Gasteiger partial charge < -0.3 is 5.11 Å². The number of hydrogen-bond acceptors (Lipinski definition) is 2. The van der Waals surface area contributed by atoms with Crippen LogP contribution < -0.4 is 0 Å². The van der Waals surface area contributed by atoms with Gasteiger partial charge in [0.2, 0.25) is 0 Å². The van der Waals surface area contributed by atoms with E-state index in [1.54, 1.807) is 19.2 Å². The van der Waals surface area contributed by atoms with Crippen molar-refractivity contribution in [2.45, 2.75) is 6.92 Å². The molecule has 0 saturated carbocycles. The fraction of sp³-hybridized carbons (Fsp3) is 0.0833. The minimum absolute atomic E-state index is 0.272. The molecule has 2 rings (SSSR count). The summed E-state index contributed by atoms with van der Waals surface area (Å²) in [5.41, 5.74) is 0.808. The molecule has 1 heterocycles. The maximum Gasteiger partial charge on any atom is 0.0913 e. The Balaban J connectivity index is 2.71. The van der Waals surface area contributed by atoms with E-state index in [4.69, 9.17) is 0 Å². The Bertz CT molecular complexity index is 479. The summed E-state index contributed by atoms with van der Waals surface area (Å²) in [6.07, 6.45) is 3.42. The molecule has 1 aromatic carbocycles. The van der Waals surface area contributed by atoms with Gasteiger partial charge in [-0.05, 0) is 18.4 Å². The normalized spacial score (nSPS) is 11.9. The summed E-state index contributed by atoms with van der Waals surface area (Å²) < 4.78 is 0. The number of benzene rings is 1. The number of allylic oxidation sites excluding steroid dienone is 1. The second-order valence-corrected chi connectivity index (χ2v) is 3.20. The van der Waals surface area contributed by atoms with Crippen LogP contribution in [0.5, 0.6) is 0 Å². The predicted octanol–water partition coefficient (Wildman–Crippen LogP) is 3.15. The Hall–Kier alpha value is -1.83. The van der Waals surface area contributed by atoms with Crippen LogP contribution in [0, 0.1) is 0 Å². The van der Waals surface area contributed by atoms with Gasteiger partial charge in [-0.1, -0.05) is 24.3 Å². The number of aliphatic hydroxyl groups is 1. The van der Waals surface area contributed by atoms with Crippen molar-refractivity contribution >= 4 is 16.8 Å². The first kappa shape index (κ1) is 8.75. The molecule has 0 fully saturated rings. The van der Waals surface area contributed by atoms with Crippen molar-refractivity contribution in [2.24, 2.45) is 0 Å². The number of aromatic nitrogens is 1. The molecule has 0 aliphatic rings. The van der Waals surface area contributed by atoms with Crippen LogP contribution in [0.3, 0.4) is 0 Å². The zero-order valence-electron chi connectivity index (χ0n) is 7.94. The lowest BCUT2D eigenvalue weighted by Gasteiger charge is -2.00. The molecule has 0 spiro atoms. The summed E-state index contributed by atoms with van der Waals surface area (Å²) >= 11 is 0. The monoisotopic (exact) mass is 185 g/mol. The zero-order chi connectivity index (χ0) is 9.97. The van der Waals surface area contributed by atoms with E-state index in [-0.39, 0.29) is 5.76 Å². The Labute approximate surface area is 82.5 Å². The van der Waals surface area contributed by atoms with Crippen molar-refractivity contribution in [3.05, 3.63) is 48.0 Å². The second-order valence-electron chi connectivity index (χ2n) is 3.20. The van der Waals surface area contributed by atoms with Crippen LogP contribution in [-0.2, 0) is 0 Å². The highest BCUT2D eigenvalue weighted by atomic mass is 16.3. The summed E-state index contributed by atoms with van der Waals surface area (Å²) in [6.45, 7) is 1.64. The van der Waals surface area contributed by atoms with Gasteiger partial charge in [0.05, 0.1) is 11.5 Å². The first-order valence-electron chi connectivity index (χ1n) is 4.48. The molecule has 0 atom stereocenters. The van der Waals surface area contributed by atoms with Gasteiger partial charge in [0.25, 0.3) is 0 Å². The molecule has 0 saturated heterocycles. The second kappa shape index (κ2) is 3.50. The summed E-state index contributed by atoms with van der Waals surface area (Å²) in [7, 11) is 0. The molecular weight excluding hydrogens is 174 g/mol. The van der Waals surface area contributed by atoms with Gasteiger partial charge in [-0.3, -0.25) is 4.98 Å². The standard InChI is InChI=1S/C12H11NO/c1-9(14)8-12-11-5-3-2-4-10(11)6-7-13-12/h2-8,14H,1H3. The molecule has 0 aliphatic carbocycles. The Morgan fingerprint density at radius 1 is 1.29 bits per heavy atom. The largest absolute Gasteiger partial charge is 0.513 e. The van der Waals surface area contributed by atoms with E-state index in [1.807, 2.05) is 30.3 Å². The van der Waals surface area contributed by atoms with Gasteiger partial charge in [0.1, 0.15) is 0 Å². The van der Waals surface area contributed by atoms with Gasteiger partial charge in [0.15, 0.2) is 0 Å². The highest BCUT2D eigenvalue weighted by Gasteiger charge is 1.98. The van der Waals surface area contributed by atoms with Gasteiger partial charge in [-0.15, -0.1) is 0 Å². The zero-order valence-corrected chi connectivity index (χ0v) is 7.94. The van der Waals surface area contributed by atoms with Crippen molar-refractivity contribution in [3.8, 4) is 0 Å². The lowest BCUT2D eigenvalue weighted by Crippen LogP contribution is -1.84. The molecule has 14 heavy (non-hydrogen) atoms. The number of pyridine rings is 1. The summed E-state index contributed by atoms with van der Waals surface area (Å²) in [5, 5.41) is 11.4. The van der Waals surface area contributed by atoms with Crippen LogP contribution in [0.4, 0.5) is 0 Å². The summed E-state index contributed by atoms with van der Waals surface area (Å²) in [6, 6.07) is 9.94. The molecule has 2 aromatic rings. The van der Waals surface area contributed by atoms with Crippen LogP contribution in [0.2, 0.25) is 0 Å². The predicted molar refractivity (Wildman–Crippen MR) is 58.0 cm³/mol. The van der Waals surface area contributed by atoms with Crippen molar-refractivity contribution in [1.29, 1.82) is 0 Å². The molecule has 70 valence electrons. The maximum atomic E-state index is 9.19. The van der Waals surface area contributed by atoms with Crippen molar-refractivity contribution < 1.29 is 5.11 Å². The van der Waals surface area contributed by atoms with Crippen molar-refractivity contribution in [2.75, 3.05) is 0 Å². The van der Waals surface area contributed by atoms with Crippen molar-refractivity contribution in [3.63, 3.8) is 0 Å². The molecule has 0 unspecified atom stereocenters. The molecular formula is C12H11NO. The third kappa shape index (κ3) is 1.59. The van der Waals surface area contributed by atoms with Crippen LogP contribution in [0.1, 0.15) is 12.6 Å². The number of fused-ring (bicyclic) bond motifs is 1. The molecule has 2 heteroatoms.